The fourth-order valence-corrected chi connectivity index (χ4v) is 3.95. The molecule has 2 fully saturated rings. The van der Waals surface area contributed by atoms with Crippen LogP contribution in [-0.2, 0) is 11.8 Å². The average Bonchev–Trinajstić information content (AvgIpc) is 3.43. The number of rotatable bonds is 2. The summed E-state index contributed by atoms with van der Waals surface area (Å²) in [6.07, 6.45) is 3.62. The van der Waals surface area contributed by atoms with Crippen molar-refractivity contribution in [3.05, 3.63) is 24.5 Å². The number of anilines is 1. The smallest absolute Gasteiger partial charge is 0.317 e. The Balaban J connectivity index is 1.34. The van der Waals surface area contributed by atoms with Gasteiger partial charge in [-0.25, -0.2) is 14.5 Å². The van der Waals surface area contributed by atoms with Gasteiger partial charge in [-0.05, 0) is 31.0 Å². The van der Waals surface area contributed by atoms with Crippen molar-refractivity contribution >= 4 is 17.6 Å². The van der Waals surface area contributed by atoms with Gasteiger partial charge in [-0.1, -0.05) is 0 Å². The summed E-state index contributed by atoms with van der Waals surface area (Å²) in [5.41, 5.74) is 1.46. The van der Waals surface area contributed by atoms with E-state index >= 15 is 0 Å². The molecule has 10 nitrogen and oxygen atoms in total. The number of carbonyl (C=O) groups excluding carboxylic acids is 2. The predicted molar refractivity (Wildman–Crippen MR) is 109 cm³/mol. The number of aromatic nitrogens is 3. The van der Waals surface area contributed by atoms with Crippen molar-refractivity contribution in [3.8, 4) is 17.1 Å². The molecule has 1 aliphatic carbocycles. The molecule has 2 aromatic rings. The van der Waals surface area contributed by atoms with Crippen LogP contribution in [0.4, 0.5) is 10.5 Å². The van der Waals surface area contributed by atoms with Gasteiger partial charge in [-0.2, -0.15) is 5.10 Å². The highest BCUT2D eigenvalue weighted by atomic mass is 16.5. The first kappa shape index (κ1) is 18.9. The Hall–Kier alpha value is -3.14. The molecular weight excluding hydrogens is 386 g/mol. The zero-order valence-corrected chi connectivity index (χ0v) is 16.9. The lowest BCUT2D eigenvalue weighted by molar-refractivity contribution is -0.118. The van der Waals surface area contributed by atoms with Gasteiger partial charge in [0.15, 0.2) is 5.82 Å². The standard InChI is InChI=1S/C20H25N7O3/c1-25-19(21-12-22-25)13-2-5-17-16(8-13)24-18(28)10-26-6-7-27(9-15(26)11-30-17)20(29)23-14-3-4-14/h2,5,8,12,14-15H,3-4,6-7,9-11H2,1H3,(H,23,29)(H,24,28)/t15-/m1/s1. The molecule has 3 heterocycles. The first-order valence-electron chi connectivity index (χ1n) is 10.3. The third-order valence-electron chi connectivity index (χ3n) is 5.80. The summed E-state index contributed by atoms with van der Waals surface area (Å²) in [5, 5.41) is 10.1. The molecule has 1 aromatic carbocycles. The normalized spacial score (nSPS) is 22.0. The first-order valence-corrected chi connectivity index (χ1v) is 10.3. The van der Waals surface area contributed by atoms with Gasteiger partial charge < -0.3 is 20.3 Å². The monoisotopic (exact) mass is 411 g/mol. The van der Waals surface area contributed by atoms with Gasteiger partial charge in [0.2, 0.25) is 5.91 Å². The van der Waals surface area contributed by atoms with Crippen molar-refractivity contribution in [2.24, 2.45) is 7.05 Å². The van der Waals surface area contributed by atoms with E-state index in [-0.39, 0.29) is 24.5 Å². The van der Waals surface area contributed by atoms with Crippen LogP contribution in [-0.4, -0.2) is 81.4 Å². The van der Waals surface area contributed by atoms with Crippen molar-refractivity contribution in [2.45, 2.75) is 24.9 Å². The van der Waals surface area contributed by atoms with Gasteiger partial charge in [-0.3, -0.25) is 9.69 Å². The number of urea groups is 1. The van der Waals surface area contributed by atoms with Crippen molar-refractivity contribution < 1.29 is 14.3 Å². The van der Waals surface area contributed by atoms with E-state index in [0.717, 1.165) is 18.4 Å². The molecular formula is C20H25N7O3. The largest absolute Gasteiger partial charge is 0.490 e. The van der Waals surface area contributed by atoms with Crippen LogP contribution in [0, 0.1) is 0 Å². The Bertz CT molecular complexity index is 971. The first-order chi connectivity index (χ1) is 14.6. The second-order valence-electron chi connectivity index (χ2n) is 8.07. The van der Waals surface area contributed by atoms with Gasteiger partial charge >= 0.3 is 6.03 Å². The molecule has 1 saturated carbocycles. The minimum Gasteiger partial charge on any atom is -0.490 e. The molecule has 3 aliphatic rings. The van der Waals surface area contributed by atoms with E-state index in [2.05, 4.69) is 25.6 Å². The lowest BCUT2D eigenvalue weighted by Crippen LogP contribution is -2.59. The zero-order chi connectivity index (χ0) is 20.7. The molecule has 0 bridgehead atoms. The fraction of sp³-hybridized carbons (Fsp3) is 0.500. The number of piperazine rings is 1. The molecule has 2 N–H and O–H groups in total. The molecule has 2 aliphatic heterocycles. The summed E-state index contributed by atoms with van der Waals surface area (Å²) < 4.78 is 7.77. The molecule has 3 amide bonds. The molecule has 1 atom stereocenters. The van der Waals surface area contributed by atoms with Crippen LogP contribution >= 0.6 is 0 Å². The Kier molecular flexibility index (Phi) is 4.78. The summed E-state index contributed by atoms with van der Waals surface area (Å²) in [7, 11) is 1.82. The van der Waals surface area contributed by atoms with Gasteiger partial charge in [-0.15, -0.1) is 0 Å². The lowest BCUT2D eigenvalue weighted by atomic mass is 10.1. The minimum atomic E-state index is -0.0993. The third kappa shape index (κ3) is 3.82. The highest BCUT2D eigenvalue weighted by molar-refractivity contribution is 5.94. The molecule has 158 valence electrons. The van der Waals surface area contributed by atoms with Crippen molar-refractivity contribution in [3.63, 3.8) is 0 Å². The Labute approximate surface area is 174 Å². The second kappa shape index (κ2) is 7.60. The van der Waals surface area contributed by atoms with Crippen molar-refractivity contribution in [1.82, 2.24) is 29.9 Å². The topological polar surface area (TPSA) is 105 Å². The van der Waals surface area contributed by atoms with E-state index < -0.39 is 0 Å². The number of hydrogen-bond donors (Lipinski definition) is 2. The van der Waals surface area contributed by atoms with E-state index in [9.17, 15) is 9.59 Å². The summed E-state index contributed by atoms with van der Waals surface area (Å²) in [6.45, 7) is 2.45. The maximum atomic E-state index is 12.7. The summed E-state index contributed by atoms with van der Waals surface area (Å²) in [4.78, 5) is 33.3. The molecule has 0 spiro atoms. The van der Waals surface area contributed by atoms with E-state index in [4.69, 9.17) is 4.74 Å². The number of amides is 3. The van der Waals surface area contributed by atoms with Crippen LogP contribution in [0.3, 0.4) is 0 Å². The van der Waals surface area contributed by atoms with Gasteiger partial charge in [0, 0.05) is 38.3 Å². The number of benzene rings is 1. The van der Waals surface area contributed by atoms with Crippen molar-refractivity contribution in [1.29, 1.82) is 0 Å². The molecule has 1 saturated heterocycles. The van der Waals surface area contributed by atoms with Gasteiger partial charge in [0.05, 0.1) is 18.3 Å². The molecule has 5 rings (SSSR count). The molecule has 10 heteroatoms. The quantitative estimate of drug-likeness (QED) is 0.753. The number of fused-ring (bicyclic) bond motifs is 2. The number of carbonyl (C=O) groups is 2. The Morgan fingerprint density at radius 1 is 1.30 bits per heavy atom. The molecule has 1 aromatic heterocycles. The van der Waals surface area contributed by atoms with Crippen molar-refractivity contribution in [2.75, 3.05) is 38.1 Å². The van der Waals surface area contributed by atoms with Crippen LogP contribution in [0.15, 0.2) is 24.5 Å². The van der Waals surface area contributed by atoms with E-state index in [1.54, 1.807) is 4.68 Å². The number of hydrogen-bond acceptors (Lipinski definition) is 6. The molecule has 0 radical (unpaired) electrons. The van der Waals surface area contributed by atoms with Crippen LogP contribution in [0.1, 0.15) is 12.8 Å². The molecule has 0 unspecified atom stereocenters. The van der Waals surface area contributed by atoms with Crippen LogP contribution in [0.25, 0.3) is 11.4 Å². The van der Waals surface area contributed by atoms with Crippen LogP contribution in [0.2, 0.25) is 0 Å². The second-order valence-corrected chi connectivity index (χ2v) is 8.07. The van der Waals surface area contributed by atoms with Gasteiger partial charge in [0.25, 0.3) is 0 Å². The summed E-state index contributed by atoms with van der Waals surface area (Å²) >= 11 is 0. The number of ether oxygens (including phenoxy) is 1. The number of nitrogens with zero attached hydrogens (tertiary/aromatic N) is 5. The zero-order valence-electron chi connectivity index (χ0n) is 16.9. The van der Waals surface area contributed by atoms with Crippen LogP contribution in [0.5, 0.6) is 5.75 Å². The SMILES string of the molecule is Cn1ncnc1-c1ccc2c(c1)NC(=O)CN1CCN(C(=O)NC3CC3)C[C@@H]1CO2. The van der Waals surface area contributed by atoms with E-state index in [0.29, 0.717) is 49.5 Å². The van der Waals surface area contributed by atoms with Crippen LogP contribution < -0.4 is 15.4 Å². The Morgan fingerprint density at radius 3 is 2.93 bits per heavy atom. The summed E-state index contributed by atoms with van der Waals surface area (Å²) in [6, 6.07) is 5.87. The molecule has 30 heavy (non-hydrogen) atoms. The number of aryl methyl sites for hydroxylation is 1. The maximum Gasteiger partial charge on any atom is 0.317 e. The van der Waals surface area contributed by atoms with Gasteiger partial charge in [0.1, 0.15) is 18.7 Å². The van der Waals surface area contributed by atoms with E-state index in [1.165, 1.54) is 6.33 Å². The fourth-order valence-electron chi connectivity index (χ4n) is 3.95. The number of nitrogens with one attached hydrogen (secondary N) is 2. The summed E-state index contributed by atoms with van der Waals surface area (Å²) in [5.74, 6) is 1.22. The third-order valence-corrected chi connectivity index (χ3v) is 5.80. The predicted octanol–water partition coefficient (Wildman–Crippen LogP) is 0.671. The van der Waals surface area contributed by atoms with E-state index in [1.807, 2.05) is 30.1 Å². The Morgan fingerprint density at radius 2 is 2.17 bits per heavy atom. The lowest BCUT2D eigenvalue weighted by Gasteiger charge is -2.40. The maximum absolute atomic E-state index is 12.7. The highest BCUT2D eigenvalue weighted by Crippen LogP contribution is 2.31. The average molecular weight is 411 g/mol. The minimum absolute atomic E-state index is 0.0183. The highest BCUT2D eigenvalue weighted by Gasteiger charge is 2.34.